The minimum absolute atomic E-state index is 0.128. The van der Waals surface area contributed by atoms with Gasteiger partial charge in [0.2, 0.25) is 0 Å². The first-order valence-corrected chi connectivity index (χ1v) is 8.39. The molecule has 2 aromatic carbocycles. The van der Waals surface area contributed by atoms with Gasteiger partial charge in [-0.3, -0.25) is 9.98 Å². The molecule has 0 amide bonds. The van der Waals surface area contributed by atoms with Crippen LogP contribution in [0.15, 0.2) is 58.5 Å². The van der Waals surface area contributed by atoms with E-state index in [9.17, 15) is 10.2 Å². The fourth-order valence-electron chi connectivity index (χ4n) is 2.44. The monoisotopic (exact) mass is 338 g/mol. The van der Waals surface area contributed by atoms with Gasteiger partial charge in [-0.2, -0.15) is 0 Å². The summed E-state index contributed by atoms with van der Waals surface area (Å²) in [4.78, 5) is 9.27. The number of phenolic OH excluding ortho intramolecular Hbond substituents is 2. The van der Waals surface area contributed by atoms with E-state index in [0.29, 0.717) is 13.1 Å². The van der Waals surface area contributed by atoms with Crippen LogP contribution in [0.1, 0.15) is 38.8 Å². The van der Waals surface area contributed by atoms with Crippen molar-refractivity contribution in [2.75, 3.05) is 13.1 Å². The van der Waals surface area contributed by atoms with Gasteiger partial charge in [-0.1, -0.05) is 38.1 Å². The SMILES string of the molecule is CC(=NCC(C)(C)CN=C(C)c1ccccc1O)c1ccccc1O. The summed E-state index contributed by atoms with van der Waals surface area (Å²) < 4.78 is 0. The first-order valence-electron chi connectivity index (χ1n) is 8.39. The third kappa shape index (κ3) is 5.18. The predicted octanol–water partition coefficient (Wildman–Crippen LogP) is 4.44. The Labute approximate surface area is 149 Å². The van der Waals surface area contributed by atoms with E-state index in [2.05, 4.69) is 23.8 Å². The van der Waals surface area contributed by atoms with Crippen LogP contribution in [0.25, 0.3) is 0 Å². The van der Waals surface area contributed by atoms with Crippen LogP contribution in [0.3, 0.4) is 0 Å². The first kappa shape index (κ1) is 18.7. The van der Waals surface area contributed by atoms with Crippen molar-refractivity contribution in [1.29, 1.82) is 0 Å². The average Bonchev–Trinajstić information content (AvgIpc) is 2.59. The van der Waals surface area contributed by atoms with Crippen LogP contribution >= 0.6 is 0 Å². The maximum absolute atomic E-state index is 9.91. The molecular weight excluding hydrogens is 312 g/mol. The highest BCUT2D eigenvalue weighted by molar-refractivity contribution is 6.01. The predicted molar refractivity (Wildman–Crippen MR) is 104 cm³/mol. The lowest BCUT2D eigenvalue weighted by Gasteiger charge is -2.21. The van der Waals surface area contributed by atoms with Crippen molar-refractivity contribution in [2.24, 2.45) is 15.4 Å². The maximum Gasteiger partial charge on any atom is 0.124 e. The zero-order chi connectivity index (χ0) is 18.4. The number of hydrogen-bond acceptors (Lipinski definition) is 4. The van der Waals surface area contributed by atoms with Crippen LogP contribution < -0.4 is 0 Å². The Hall–Kier alpha value is -2.62. The maximum atomic E-state index is 9.91. The number of aromatic hydroxyl groups is 2. The van der Waals surface area contributed by atoms with Crippen molar-refractivity contribution in [3.63, 3.8) is 0 Å². The lowest BCUT2D eigenvalue weighted by molar-refractivity contribution is 0.395. The molecule has 0 saturated heterocycles. The molecule has 0 heterocycles. The summed E-state index contributed by atoms with van der Waals surface area (Å²) in [6, 6.07) is 14.4. The highest BCUT2D eigenvalue weighted by Crippen LogP contribution is 2.21. The van der Waals surface area contributed by atoms with Gasteiger partial charge >= 0.3 is 0 Å². The summed E-state index contributed by atoms with van der Waals surface area (Å²) in [7, 11) is 0. The van der Waals surface area contributed by atoms with Gasteiger partial charge < -0.3 is 10.2 Å². The number of para-hydroxylation sites is 2. The molecule has 2 rings (SSSR count). The number of rotatable bonds is 6. The molecule has 0 aliphatic carbocycles. The normalized spacial score (nSPS) is 13.1. The molecule has 132 valence electrons. The van der Waals surface area contributed by atoms with Crippen molar-refractivity contribution in [3.05, 3.63) is 59.7 Å². The van der Waals surface area contributed by atoms with Crippen LogP contribution in [-0.4, -0.2) is 34.7 Å². The number of phenols is 2. The molecule has 0 radical (unpaired) electrons. The Morgan fingerprint density at radius 2 is 1.12 bits per heavy atom. The molecule has 2 N–H and O–H groups in total. The van der Waals surface area contributed by atoms with Gasteiger partial charge in [0.05, 0.1) is 0 Å². The highest BCUT2D eigenvalue weighted by atomic mass is 16.3. The largest absolute Gasteiger partial charge is 0.507 e. The van der Waals surface area contributed by atoms with Crippen molar-refractivity contribution in [2.45, 2.75) is 27.7 Å². The summed E-state index contributed by atoms with van der Waals surface area (Å²) in [5.41, 5.74) is 3.01. The van der Waals surface area contributed by atoms with Gasteiger partial charge in [0.1, 0.15) is 11.5 Å². The number of nitrogens with zero attached hydrogens (tertiary/aromatic N) is 2. The number of aliphatic imine (C=N–C) groups is 2. The summed E-state index contributed by atoms with van der Waals surface area (Å²) in [6.07, 6.45) is 0. The second kappa shape index (κ2) is 7.97. The van der Waals surface area contributed by atoms with Crippen molar-refractivity contribution < 1.29 is 10.2 Å². The molecule has 0 aliphatic heterocycles. The number of hydrogen-bond donors (Lipinski definition) is 2. The van der Waals surface area contributed by atoms with E-state index < -0.39 is 0 Å². The van der Waals surface area contributed by atoms with E-state index in [1.54, 1.807) is 24.3 Å². The van der Waals surface area contributed by atoms with E-state index in [-0.39, 0.29) is 16.9 Å². The molecule has 0 fully saturated rings. The van der Waals surface area contributed by atoms with Gasteiger partial charge in [0.15, 0.2) is 0 Å². The quantitative estimate of drug-likeness (QED) is 0.765. The third-order valence-corrected chi connectivity index (χ3v) is 4.08. The fourth-order valence-corrected chi connectivity index (χ4v) is 2.44. The van der Waals surface area contributed by atoms with Crippen molar-refractivity contribution >= 4 is 11.4 Å². The molecule has 0 saturated carbocycles. The summed E-state index contributed by atoms with van der Waals surface area (Å²) in [6.45, 7) is 9.23. The minimum atomic E-state index is -0.128. The Kier molecular flexibility index (Phi) is 5.97. The van der Waals surface area contributed by atoms with Crippen molar-refractivity contribution in [3.8, 4) is 11.5 Å². The Balaban J connectivity index is 2.07. The van der Waals surface area contributed by atoms with E-state index >= 15 is 0 Å². The van der Waals surface area contributed by atoms with E-state index in [4.69, 9.17) is 0 Å². The standard InChI is InChI=1S/C21H26N2O2/c1-15(17-9-5-7-11-19(17)24)22-13-21(3,4)14-23-16(2)18-10-6-8-12-20(18)25/h5-12,24-25H,13-14H2,1-4H3. The van der Waals surface area contributed by atoms with E-state index in [1.807, 2.05) is 38.1 Å². The molecule has 25 heavy (non-hydrogen) atoms. The minimum Gasteiger partial charge on any atom is -0.507 e. The Morgan fingerprint density at radius 1 is 0.760 bits per heavy atom. The molecule has 0 bridgehead atoms. The van der Waals surface area contributed by atoms with Crippen LogP contribution in [0.2, 0.25) is 0 Å². The topological polar surface area (TPSA) is 65.2 Å². The molecule has 4 nitrogen and oxygen atoms in total. The molecule has 0 aliphatic rings. The molecular formula is C21H26N2O2. The van der Waals surface area contributed by atoms with Crippen LogP contribution in [0.5, 0.6) is 11.5 Å². The van der Waals surface area contributed by atoms with Gasteiger partial charge in [0, 0.05) is 41.1 Å². The van der Waals surface area contributed by atoms with Crippen LogP contribution in [0.4, 0.5) is 0 Å². The van der Waals surface area contributed by atoms with Crippen molar-refractivity contribution in [1.82, 2.24) is 0 Å². The Morgan fingerprint density at radius 3 is 1.48 bits per heavy atom. The van der Waals surface area contributed by atoms with Gasteiger partial charge in [0.25, 0.3) is 0 Å². The molecule has 0 aromatic heterocycles. The first-order chi connectivity index (χ1) is 11.8. The van der Waals surface area contributed by atoms with Crippen LogP contribution in [-0.2, 0) is 0 Å². The average molecular weight is 338 g/mol. The Bertz CT molecular complexity index is 726. The molecule has 0 spiro atoms. The van der Waals surface area contributed by atoms with Gasteiger partial charge in [-0.25, -0.2) is 0 Å². The van der Waals surface area contributed by atoms with Crippen LogP contribution in [0, 0.1) is 5.41 Å². The lowest BCUT2D eigenvalue weighted by Crippen LogP contribution is -2.21. The second-order valence-electron chi connectivity index (χ2n) is 7.00. The van der Waals surface area contributed by atoms with Gasteiger partial charge in [-0.05, 0) is 38.1 Å². The van der Waals surface area contributed by atoms with E-state index in [1.165, 1.54) is 0 Å². The summed E-state index contributed by atoms with van der Waals surface area (Å²) in [5.74, 6) is 0.491. The number of benzene rings is 2. The summed E-state index contributed by atoms with van der Waals surface area (Å²) in [5, 5.41) is 19.8. The zero-order valence-electron chi connectivity index (χ0n) is 15.3. The zero-order valence-corrected chi connectivity index (χ0v) is 15.3. The molecule has 2 aromatic rings. The lowest BCUT2D eigenvalue weighted by atomic mass is 9.93. The fraction of sp³-hybridized carbons (Fsp3) is 0.333. The second-order valence-corrected chi connectivity index (χ2v) is 7.00. The third-order valence-electron chi connectivity index (χ3n) is 4.08. The van der Waals surface area contributed by atoms with Gasteiger partial charge in [-0.15, -0.1) is 0 Å². The molecule has 4 heteroatoms. The smallest absolute Gasteiger partial charge is 0.124 e. The molecule has 0 unspecified atom stereocenters. The summed E-state index contributed by atoms with van der Waals surface area (Å²) >= 11 is 0. The van der Waals surface area contributed by atoms with E-state index in [0.717, 1.165) is 22.6 Å². The molecule has 0 atom stereocenters. The highest BCUT2D eigenvalue weighted by Gasteiger charge is 2.18.